The lowest BCUT2D eigenvalue weighted by molar-refractivity contribution is 0.310. The Kier molecular flexibility index (Phi) is 2.85. The van der Waals surface area contributed by atoms with Crippen LogP contribution in [0.2, 0.25) is 0 Å². The molecule has 1 aliphatic carbocycles. The van der Waals surface area contributed by atoms with Gasteiger partial charge in [-0.2, -0.15) is 0 Å². The Morgan fingerprint density at radius 3 is 2.74 bits per heavy atom. The summed E-state index contributed by atoms with van der Waals surface area (Å²) in [6.07, 6.45) is 5.11. The molecule has 0 amide bonds. The largest absolute Gasteiger partial charge is 0.253 e. The van der Waals surface area contributed by atoms with E-state index in [0.29, 0.717) is 5.41 Å². The second-order valence-electron chi connectivity index (χ2n) is 6.11. The van der Waals surface area contributed by atoms with Crippen molar-refractivity contribution in [3.63, 3.8) is 0 Å². The number of hydrogen-bond donors (Lipinski definition) is 0. The second kappa shape index (κ2) is 4.41. The smallest absolute Gasteiger partial charge is 0.178 e. The van der Waals surface area contributed by atoms with E-state index < -0.39 is 0 Å². The van der Waals surface area contributed by atoms with Crippen LogP contribution in [0.15, 0.2) is 24.4 Å². The van der Waals surface area contributed by atoms with Crippen LogP contribution in [-0.2, 0) is 12.8 Å². The summed E-state index contributed by atoms with van der Waals surface area (Å²) in [5.74, 6) is 0.761. The fourth-order valence-electron chi connectivity index (χ4n) is 2.73. The SMILES string of the molecule is Cc1nc(-c2ccccn2)nc2c1CC(C)(C)CC2. The number of hydrogen-bond acceptors (Lipinski definition) is 3. The molecule has 0 fully saturated rings. The van der Waals surface area contributed by atoms with Crippen LogP contribution in [0.5, 0.6) is 0 Å². The van der Waals surface area contributed by atoms with Gasteiger partial charge in [-0.05, 0) is 49.3 Å². The number of aryl methyl sites for hydroxylation is 2. The van der Waals surface area contributed by atoms with Crippen LogP contribution in [-0.4, -0.2) is 15.0 Å². The molecule has 19 heavy (non-hydrogen) atoms. The predicted octanol–water partition coefficient (Wildman–Crippen LogP) is 3.36. The molecule has 0 aromatic carbocycles. The minimum Gasteiger partial charge on any atom is -0.253 e. The Balaban J connectivity index is 2.06. The molecule has 0 aliphatic heterocycles. The maximum absolute atomic E-state index is 4.74. The van der Waals surface area contributed by atoms with Crippen molar-refractivity contribution in [1.82, 2.24) is 15.0 Å². The normalized spacial score (nSPS) is 17.0. The van der Waals surface area contributed by atoms with Gasteiger partial charge in [-0.3, -0.25) is 4.98 Å². The highest BCUT2D eigenvalue weighted by Gasteiger charge is 2.28. The first-order valence-electron chi connectivity index (χ1n) is 6.83. The third-order valence-electron chi connectivity index (χ3n) is 3.89. The van der Waals surface area contributed by atoms with E-state index in [1.165, 1.54) is 17.7 Å². The molecule has 0 radical (unpaired) electrons. The highest BCUT2D eigenvalue weighted by molar-refractivity contribution is 5.50. The minimum atomic E-state index is 0.369. The van der Waals surface area contributed by atoms with Crippen molar-refractivity contribution < 1.29 is 0 Å². The number of nitrogens with zero attached hydrogens (tertiary/aromatic N) is 3. The standard InChI is InChI=1S/C16H19N3/c1-11-12-10-16(2,3)8-7-13(12)19-15(18-11)14-6-4-5-9-17-14/h4-6,9H,7-8,10H2,1-3H3. The molecule has 0 N–H and O–H groups in total. The van der Waals surface area contributed by atoms with Crippen LogP contribution in [0, 0.1) is 12.3 Å². The Hall–Kier alpha value is -1.77. The molecule has 3 heteroatoms. The van der Waals surface area contributed by atoms with Gasteiger partial charge < -0.3 is 0 Å². The maximum atomic E-state index is 4.74. The molecule has 2 heterocycles. The van der Waals surface area contributed by atoms with E-state index in [0.717, 1.165) is 30.1 Å². The number of aromatic nitrogens is 3. The summed E-state index contributed by atoms with van der Waals surface area (Å²) < 4.78 is 0. The van der Waals surface area contributed by atoms with Crippen molar-refractivity contribution in [3.8, 4) is 11.5 Å². The third-order valence-corrected chi connectivity index (χ3v) is 3.89. The quantitative estimate of drug-likeness (QED) is 0.782. The van der Waals surface area contributed by atoms with Crippen LogP contribution in [0.3, 0.4) is 0 Å². The van der Waals surface area contributed by atoms with Crippen LogP contribution >= 0.6 is 0 Å². The van der Waals surface area contributed by atoms with Crippen molar-refractivity contribution in [2.75, 3.05) is 0 Å². The first kappa shape index (κ1) is 12.3. The first-order valence-corrected chi connectivity index (χ1v) is 6.83. The van der Waals surface area contributed by atoms with Gasteiger partial charge in [0.05, 0.1) is 0 Å². The maximum Gasteiger partial charge on any atom is 0.178 e. The van der Waals surface area contributed by atoms with Crippen LogP contribution in [0.25, 0.3) is 11.5 Å². The lowest BCUT2D eigenvalue weighted by Crippen LogP contribution is -2.24. The summed E-state index contributed by atoms with van der Waals surface area (Å²) in [5, 5.41) is 0. The van der Waals surface area contributed by atoms with Gasteiger partial charge in [0.1, 0.15) is 5.69 Å². The first-order chi connectivity index (χ1) is 9.05. The van der Waals surface area contributed by atoms with Crippen molar-refractivity contribution in [3.05, 3.63) is 41.3 Å². The lowest BCUT2D eigenvalue weighted by atomic mass is 9.75. The molecular formula is C16H19N3. The van der Waals surface area contributed by atoms with Crippen LogP contribution < -0.4 is 0 Å². The third kappa shape index (κ3) is 2.37. The average Bonchev–Trinajstić information content (AvgIpc) is 2.40. The zero-order valence-corrected chi connectivity index (χ0v) is 11.8. The number of pyridine rings is 1. The van der Waals surface area contributed by atoms with Gasteiger partial charge in [0, 0.05) is 17.6 Å². The molecular weight excluding hydrogens is 234 g/mol. The lowest BCUT2D eigenvalue weighted by Gasteiger charge is -2.31. The van der Waals surface area contributed by atoms with Gasteiger partial charge in [-0.15, -0.1) is 0 Å². The summed E-state index contributed by atoms with van der Waals surface area (Å²) in [7, 11) is 0. The second-order valence-corrected chi connectivity index (χ2v) is 6.11. The van der Waals surface area contributed by atoms with Gasteiger partial charge in [0.25, 0.3) is 0 Å². The highest BCUT2D eigenvalue weighted by Crippen LogP contribution is 2.35. The topological polar surface area (TPSA) is 38.7 Å². The van der Waals surface area contributed by atoms with Gasteiger partial charge >= 0.3 is 0 Å². The summed E-state index contributed by atoms with van der Waals surface area (Å²) in [4.78, 5) is 13.7. The molecule has 2 aromatic rings. The van der Waals surface area contributed by atoms with Crippen LogP contribution in [0.1, 0.15) is 37.2 Å². The molecule has 3 rings (SSSR count). The molecule has 0 unspecified atom stereocenters. The Morgan fingerprint density at radius 2 is 2.00 bits per heavy atom. The molecule has 3 nitrogen and oxygen atoms in total. The Labute approximate surface area is 114 Å². The summed E-state index contributed by atoms with van der Waals surface area (Å²) in [6, 6.07) is 5.86. The molecule has 0 saturated heterocycles. The fourth-order valence-corrected chi connectivity index (χ4v) is 2.73. The monoisotopic (exact) mass is 253 g/mol. The molecule has 0 atom stereocenters. The molecule has 2 aromatic heterocycles. The molecule has 0 bridgehead atoms. The molecule has 0 spiro atoms. The van der Waals surface area contributed by atoms with E-state index in [1.54, 1.807) is 6.20 Å². The van der Waals surface area contributed by atoms with Crippen molar-refractivity contribution in [2.45, 2.75) is 40.0 Å². The Morgan fingerprint density at radius 1 is 1.16 bits per heavy atom. The van der Waals surface area contributed by atoms with E-state index >= 15 is 0 Å². The van der Waals surface area contributed by atoms with E-state index in [9.17, 15) is 0 Å². The highest BCUT2D eigenvalue weighted by atomic mass is 14.9. The summed E-state index contributed by atoms with van der Waals surface area (Å²) >= 11 is 0. The molecule has 1 aliphatic rings. The average molecular weight is 253 g/mol. The van der Waals surface area contributed by atoms with Gasteiger partial charge in [-0.25, -0.2) is 9.97 Å². The van der Waals surface area contributed by atoms with E-state index in [1.807, 2.05) is 18.2 Å². The number of rotatable bonds is 1. The zero-order chi connectivity index (χ0) is 13.5. The van der Waals surface area contributed by atoms with E-state index in [2.05, 4.69) is 30.7 Å². The number of fused-ring (bicyclic) bond motifs is 1. The minimum absolute atomic E-state index is 0.369. The van der Waals surface area contributed by atoms with E-state index in [4.69, 9.17) is 4.98 Å². The summed E-state index contributed by atoms with van der Waals surface area (Å²) in [5.41, 5.74) is 4.90. The predicted molar refractivity (Wildman–Crippen MR) is 75.8 cm³/mol. The van der Waals surface area contributed by atoms with Crippen molar-refractivity contribution >= 4 is 0 Å². The Bertz CT molecular complexity index is 603. The van der Waals surface area contributed by atoms with Gasteiger partial charge in [0.15, 0.2) is 5.82 Å². The van der Waals surface area contributed by atoms with E-state index in [-0.39, 0.29) is 0 Å². The molecule has 98 valence electrons. The summed E-state index contributed by atoms with van der Waals surface area (Å²) in [6.45, 7) is 6.73. The van der Waals surface area contributed by atoms with Crippen molar-refractivity contribution in [2.24, 2.45) is 5.41 Å². The van der Waals surface area contributed by atoms with Crippen molar-refractivity contribution in [1.29, 1.82) is 0 Å². The molecule has 0 saturated carbocycles. The van der Waals surface area contributed by atoms with Crippen LogP contribution in [0.4, 0.5) is 0 Å². The van der Waals surface area contributed by atoms with Gasteiger partial charge in [0.2, 0.25) is 0 Å². The zero-order valence-electron chi connectivity index (χ0n) is 11.8. The van der Waals surface area contributed by atoms with Gasteiger partial charge in [-0.1, -0.05) is 19.9 Å². The fraction of sp³-hybridized carbons (Fsp3) is 0.438.